The minimum Gasteiger partial charge on any atom is -0.444 e. The zero-order valence-electron chi connectivity index (χ0n) is 12.3. The number of rotatable bonds is 1. The maximum absolute atomic E-state index is 12.3. The third-order valence-corrected chi connectivity index (χ3v) is 3.51. The molecule has 21 heavy (non-hydrogen) atoms. The molecule has 1 aliphatic rings. The lowest BCUT2D eigenvalue weighted by molar-refractivity contribution is 0.0503. The summed E-state index contributed by atoms with van der Waals surface area (Å²) in [5.74, 6) is -0.0318. The standard InChI is InChI=1S/C15H20N2O3S/c1-15(2,3)20-14(19)17-11-8-12(18)9-6-4-5-7-10(9)16-13(11)21/h4-7,11,13,16,21H,8H2,1-3H3,(H,17,19). The third-order valence-electron chi connectivity index (χ3n) is 3.02. The molecule has 0 radical (unpaired) electrons. The summed E-state index contributed by atoms with van der Waals surface area (Å²) in [7, 11) is 0. The molecule has 0 aromatic heterocycles. The Morgan fingerprint density at radius 2 is 2.05 bits per heavy atom. The highest BCUT2D eigenvalue weighted by molar-refractivity contribution is 7.81. The Kier molecular flexibility index (Phi) is 4.46. The number of fused-ring (bicyclic) bond motifs is 1. The first-order chi connectivity index (χ1) is 9.76. The second-order valence-corrected chi connectivity index (χ2v) is 6.57. The maximum Gasteiger partial charge on any atom is 0.407 e. The largest absolute Gasteiger partial charge is 0.444 e. The van der Waals surface area contributed by atoms with Crippen molar-refractivity contribution < 1.29 is 14.3 Å². The SMILES string of the molecule is CC(C)(C)OC(=O)NC1CC(=O)c2ccccc2NC1S. The van der Waals surface area contributed by atoms with Gasteiger partial charge in [0, 0.05) is 17.7 Å². The highest BCUT2D eigenvalue weighted by Crippen LogP contribution is 2.25. The van der Waals surface area contributed by atoms with Gasteiger partial charge in [-0.2, -0.15) is 12.6 Å². The van der Waals surface area contributed by atoms with Gasteiger partial charge in [0.05, 0.1) is 11.4 Å². The van der Waals surface area contributed by atoms with Crippen molar-refractivity contribution in [2.24, 2.45) is 0 Å². The molecule has 0 saturated carbocycles. The molecule has 2 unspecified atom stereocenters. The van der Waals surface area contributed by atoms with Crippen LogP contribution in [0, 0.1) is 0 Å². The van der Waals surface area contributed by atoms with E-state index in [4.69, 9.17) is 4.74 Å². The molecule has 0 bridgehead atoms. The van der Waals surface area contributed by atoms with Crippen LogP contribution in [-0.4, -0.2) is 28.9 Å². The highest BCUT2D eigenvalue weighted by Gasteiger charge is 2.30. The molecule has 6 heteroatoms. The number of anilines is 1. The van der Waals surface area contributed by atoms with Gasteiger partial charge < -0.3 is 15.4 Å². The molecule has 1 aromatic rings. The Balaban J connectivity index is 2.10. The zero-order valence-corrected chi connectivity index (χ0v) is 13.2. The van der Waals surface area contributed by atoms with Crippen LogP contribution in [0.25, 0.3) is 0 Å². The topological polar surface area (TPSA) is 67.4 Å². The van der Waals surface area contributed by atoms with Crippen molar-refractivity contribution in [2.45, 2.75) is 44.2 Å². The summed E-state index contributed by atoms with van der Waals surface area (Å²) in [5, 5.41) is 5.48. The number of ether oxygens (including phenoxy) is 1. The molecular formula is C15H20N2O3S. The summed E-state index contributed by atoms with van der Waals surface area (Å²) in [6, 6.07) is 6.81. The molecule has 0 fully saturated rings. The molecule has 2 N–H and O–H groups in total. The van der Waals surface area contributed by atoms with Crippen LogP contribution in [0.1, 0.15) is 37.6 Å². The molecule has 1 heterocycles. The Morgan fingerprint density at radius 1 is 1.38 bits per heavy atom. The quantitative estimate of drug-likeness (QED) is 0.698. The molecule has 0 aliphatic carbocycles. The van der Waals surface area contributed by atoms with E-state index in [0.29, 0.717) is 5.56 Å². The summed E-state index contributed by atoms with van der Waals surface area (Å²) in [6.45, 7) is 5.37. The van der Waals surface area contributed by atoms with Crippen molar-refractivity contribution in [2.75, 3.05) is 5.32 Å². The van der Waals surface area contributed by atoms with Gasteiger partial charge in [-0.3, -0.25) is 4.79 Å². The van der Waals surface area contributed by atoms with Crippen LogP contribution in [0.4, 0.5) is 10.5 Å². The van der Waals surface area contributed by atoms with E-state index in [-0.39, 0.29) is 17.6 Å². The lowest BCUT2D eigenvalue weighted by Crippen LogP contribution is -2.46. The van der Waals surface area contributed by atoms with Crippen LogP contribution in [0.15, 0.2) is 24.3 Å². The number of nitrogens with one attached hydrogen (secondary N) is 2. The van der Waals surface area contributed by atoms with Crippen molar-refractivity contribution in [3.05, 3.63) is 29.8 Å². The first kappa shape index (κ1) is 15.7. The molecule has 1 aromatic carbocycles. The molecule has 2 atom stereocenters. The number of alkyl carbamates (subject to hydrolysis) is 1. The van der Waals surface area contributed by atoms with Gasteiger partial charge >= 0.3 is 6.09 Å². The Labute approximate surface area is 129 Å². The second-order valence-electron chi connectivity index (χ2n) is 6.01. The fourth-order valence-corrected chi connectivity index (χ4v) is 2.44. The van der Waals surface area contributed by atoms with Gasteiger partial charge in [-0.25, -0.2) is 4.79 Å². The molecule has 1 amide bonds. The lowest BCUT2D eigenvalue weighted by Gasteiger charge is -2.25. The van der Waals surface area contributed by atoms with Gasteiger partial charge in [0.1, 0.15) is 5.60 Å². The van der Waals surface area contributed by atoms with Gasteiger partial charge in [-0.15, -0.1) is 0 Å². The van der Waals surface area contributed by atoms with E-state index in [1.54, 1.807) is 26.8 Å². The molecule has 114 valence electrons. The fraction of sp³-hybridized carbons (Fsp3) is 0.467. The Bertz CT molecular complexity index is 554. The zero-order chi connectivity index (χ0) is 15.6. The smallest absolute Gasteiger partial charge is 0.407 e. The summed E-state index contributed by atoms with van der Waals surface area (Å²) in [4.78, 5) is 24.1. The number of Topliss-reactive ketones (excluding diaryl/α,β-unsaturated/α-hetero) is 1. The monoisotopic (exact) mass is 308 g/mol. The average Bonchev–Trinajstić information content (AvgIpc) is 2.46. The van der Waals surface area contributed by atoms with Gasteiger partial charge in [0.2, 0.25) is 0 Å². The summed E-state index contributed by atoms with van der Waals surface area (Å²) < 4.78 is 5.22. The van der Waals surface area contributed by atoms with E-state index in [1.807, 2.05) is 18.2 Å². The number of hydrogen-bond donors (Lipinski definition) is 3. The fourth-order valence-electron chi connectivity index (χ4n) is 2.12. The number of ketones is 1. The van der Waals surface area contributed by atoms with Gasteiger partial charge in [-0.1, -0.05) is 12.1 Å². The number of benzene rings is 1. The molecule has 5 nitrogen and oxygen atoms in total. The van der Waals surface area contributed by atoms with E-state index in [1.165, 1.54) is 0 Å². The minimum atomic E-state index is -0.582. The number of carbonyl (C=O) groups is 2. The lowest BCUT2D eigenvalue weighted by atomic mass is 10.0. The second kappa shape index (κ2) is 5.97. The molecule has 0 saturated heterocycles. The Morgan fingerprint density at radius 3 is 2.71 bits per heavy atom. The van der Waals surface area contributed by atoms with Crippen molar-refractivity contribution >= 4 is 30.2 Å². The first-order valence-corrected chi connectivity index (χ1v) is 7.34. The number of para-hydroxylation sites is 1. The van der Waals surface area contributed by atoms with Crippen molar-refractivity contribution in [1.82, 2.24) is 5.32 Å². The van der Waals surface area contributed by atoms with Crippen LogP contribution in [-0.2, 0) is 4.74 Å². The number of carbonyl (C=O) groups excluding carboxylic acids is 2. The first-order valence-electron chi connectivity index (χ1n) is 6.82. The van der Waals surface area contributed by atoms with E-state index in [9.17, 15) is 9.59 Å². The van der Waals surface area contributed by atoms with Crippen LogP contribution < -0.4 is 10.6 Å². The van der Waals surface area contributed by atoms with Crippen LogP contribution in [0.2, 0.25) is 0 Å². The van der Waals surface area contributed by atoms with Gasteiger partial charge in [0.15, 0.2) is 5.78 Å². The summed E-state index contributed by atoms with van der Waals surface area (Å²) >= 11 is 4.44. The molecule has 1 aliphatic heterocycles. The van der Waals surface area contributed by atoms with E-state index < -0.39 is 17.7 Å². The molecular weight excluding hydrogens is 288 g/mol. The number of thiol groups is 1. The van der Waals surface area contributed by atoms with E-state index >= 15 is 0 Å². The van der Waals surface area contributed by atoms with Crippen molar-refractivity contribution in [3.63, 3.8) is 0 Å². The highest BCUT2D eigenvalue weighted by atomic mass is 32.1. The van der Waals surface area contributed by atoms with Crippen molar-refractivity contribution in [3.8, 4) is 0 Å². The molecule has 0 spiro atoms. The maximum atomic E-state index is 12.3. The predicted molar refractivity (Wildman–Crippen MR) is 84.9 cm³/mol. The number of hydrogen-bond acceptors (Lipinski definition) is 5. The van der Waals surface area contributed by atoms with Crippen LogP contribution in [0.3, 0.4) is 0 Å². The van der Waals surface area contributed by atoms with Crippen molar-refractivity contribution in [1.29, 1.82) is 0 Å². The van der Waals surface area contributed by atoms with E-state index in [0.717, 1.165) is 5.69 Å². The number of amides is 1. The van der Waals surface area contributed by atoms with Gasteiger partial charge in [0.25, 0.3) is 0 Å². The summed E-state index contributed by atoms with van der Waals surface area (Å²) in [6.07, 6.45) is -0.371. The molecule has 2 rings (SSSR count). The normalized spacial score (nSPS) is 21.8. The van der Waals surface area contributed by atoms with Gasteiger partial charge in [-0.05, 0) is 32.9 Å². The minimum absolute atomic E-state index is 0.0318. The van der Waals surface area contributed by atoms with E-state index in [2.05, 4.69) is 23.3 Å². The van der Waals surface area contributed by atoms with Crippen LogP contribution in [0.5, 0.6) is 0 Å². The van der Waals surface area contributed by atoms with Crippen LogP contribution >= 0.6 is 12.6 Å². The summed E-state index contributed by atoms with van der Waals surface area (Å²) in [5.41, 5.74) is 0.766. The third kappa shape index (κ3) is 4.14. The average molecular weight is 308 g/mol. The Hall–Kier alpha value is -1.69. The predicted octanol–water partition coefficient (Wildman–Crippen LogP) is 2.83.